The zero-order valence-corrected chi connectivity index (χ0v) is 26.5. The lowest BCUT2D eigenvalue weighted by molar-refractivity contribution is 0.457. The molecular formula is C36H58O3S. The Bertz CT molecular complexity index is 880. The number of phenols is 2. The first-order valence-corrected chi connectivity index (χ1v) is 17.8. The van der Waals surface area contributed by atoms with Crippen molar-refractivity contribution in [3.8, 4) is 11.5 Å². The topological polar surface area (TPSA) is 57.5 Å². The molecule has 0 aliphatic rings. The average molecular weight is 571 g/mol. The highest BCUT2D eigenvalue weighted by Gasteiger charge is 2.17. The molecule has 2 rings (SSSR count). The first-order chi connectivity index (χ1) is 19.6. The Morgan fingerprint density at radius 2 is 0.775 bits per heavy atom. The molecule has 40 heavy (non-hydrogen) atoms. The van der Waals surface area contributed by atoms with Crippen LogP contribution < -0.4 is 0 Å². The molecule has 2 aromatic rings. The van der Waals surface area contributed by atoms with Gasteiger partial charge in [0.2, 0.25) is 0 Å². The van der Waals surface area contributed by atoms with Crippen LogP contribution in [0.5, 0.6) is 11.5 Å². The first-order valence-electron chi connectivity index (χ1n) is 16.6. The summed E-state index contributed by atoms with van der Waals surface area (Å²) in [5, 5.41) is 21.0. The lowest BCUT2D eigenvalue weighted by atomic mass is 10.0. The lowest BCUT2D eigenvalue weighted by Crippen LogP contribution is -1.98. The molecule has 0 spiro atoms. The summed E-state index contributed by atoms with van der Waals surface area (Å²) in [6.45, 7) is 4.52. The molecule has 2 N–H and O–H groups in total. The fourth-order valence-corrected chi connectivity index (χ4v) is 6.75. The molecule has 226 valence electrons. The van der Waals surface area contributed by atoms with E-state index in [1.54, 1.807) is 12.1 Å². The third-order valence-corrected chi connectivity index (χ3v) is 9.54. The Kier molecular flexibility index (Phi) is 18.8. The van der Waals surface area contributed by atoms with Gasteiger partial charge in [-0.25, -0.2) is 4.21 Å². The fourth-order valence-electron chi connectivity index (χ4n) is 5.48. The number of benzene rings is 2. The quantitative estimate of drug-likeness (QED) is 0.123. The van der Waals surface area contributed by atoms with Crippen LogP contribution in [0, 0.1) is 0 Å². The number of aromatic hydroxyl groups is 2. The van der Waals surface area contributed by atoms with E-state index in [1.165, 1.54) is 116 Å². The monoisotopic (exact) mass is 570 g/mol. The first kappa shape index (κ1) is 34.4. The van der Waals surface area contributed by atoms with Crippen LogP contribution in [-0.2, 0) is 23.6 Å². The van der Waals surface area contributed by atoms with E-state index in [-0.39, 0.29) is 11.5 Å². The minimum atomic E-state index is -1.62. The Labute approximate surface area is 248 Å². The second-order valence-electron chi connectivity index (χ2n) is 11.7. The van der Waals surface area contributed by atoms with Crippen molar-refractivity contribution in [1.82, 2.24) is 0 Å². The van der Waals surface area contributed by atoms with Gasteiger partial charge in [0, 0.05) is 0 Å². The normalized spacial score (nSPS) is 11.5. The van der Waals surface area contributed by atoms with Gasteiger partial charge in [-0.1, -0.05) is 142 Å². The number of hydrogen-bond donors (Lipinski definition) is 2. The predicted octanol–water partition coefficient (Wildman–Crippen LogP) is 11.2. The highest BCUT2D eigenvalue weighted by molar-refractivity contribution is 7.85. The van der Waals surface area contributed by atoms with Crippen LogP contribution in [-0.4, -0.2) is 14.4 Å². The molecule has 0 bridgehead atoms. The van der Waals surface area contributed by atoms with Gasteiger partial charge in [-0.3, -0.25) is 0 Å². The summed E-state index contributed by atoms with van der Waals surface area (Å²) in [6, 6.07) is 10.9. The molecule has 0 aromatic heterocycles. The Balaban J connectivity index is 1.77. The van der Waals surface area contributed by atoms with E-state index >= 15 is 0 Å². The van der Waals surface area contributed by atoms with E-state index < -0.39 is 10.8 Å². The highest BCUT2D eigenvalue weighted by atomic mass is 32.2. The zero-order chi connectivity index (χ0) is 28.8. The molecule has 0 atom stereocenters. The van der Waals surface area contributed by atoms with Crippen molar-refractivity contribution in [3.63, 3.8) is 0 Å². The van der Waals surface area contributed by atoms with Crippen molar-refractivity contribution in [2.75, 3.05) is 0 Å². The molecule has 0 heterocycles. The molecule has 0 fully saturated rings. The Morgan fingerprint density at radius 3 is 1.10 bits per heavy atom. The van der Waals surface area contributed by atoms with Gasteiger partial charge >= 0.3 is 0 Å². The molecule has 0 aliphatic carbocycles. The van der Waals surface area contributed by atoms with Gasteiger partial charge in [0.25, 0.3) is 0 Å². The maximum atomic E-state index is 13.5. The van der Waals surface area contributed by atoms with Gasteiger partial charge in [-0.15, -0.1) is 0 Å². The molecule has 0 saturated carbocycles. The molecule has 0 aliphatic heterocycles. The molecule has 4 heteroatoms. The zero-order valence-electron chi connectivity index (χ0n) is 25.7. The van der Waals surface area contributed by atoms with E-state index in [1.807, 2.05) is 24.3 Å². The van der Waals surface area contributed by atoms with Gasteiger partial charge in [-0.05, 0) is 61.1 Å². The smallest absolute Gasteiger partial charge is 0.132 e. The van der Waals surface area contributed by atoms with E-state index in [0.29, 0.717) is 9.79 Å². The van der Waals surface area contributed by atoms with Crippen molar-refractivity contribution in [2.45, 2.75) is 165 Å². The van der Waals surface area contributed by atoms with Gasteiger partial charge in [0.05, 0.1) is 20.6 Å². The lowest BCUT2D eigenvalue weighted by Gasteiger charge is -2.11. The van der Waals surface area contributed by atoms with Crippen LogP contribution in [0.15, 0.2) is 46.2 Å². The maximum Gasteiger partial charge on any atom is 0.132 e. The van der Waals surface area contributed by atoms with Crippen molar-refractivity contribution < 1.29 is 14.4 Å². The largest absolute Gasteiger partial charge is 0.507 e. The van der Waals surface area contributed by atoms with Crippen molar-refractivity contribution in [1.29, 1.82) is 0 Å². The van der Waals surface area contributed by atoms with E-state index in [4.69, 9.17) is 0 Å². The fraction of sp³-hybridized carbons (Fsp3) is 0.667. The number of hydrogen-bond acceptors (Lipinski definition) is 3. The van der Waals surface area contributed by atoms with Gasteiger partial charge in [0.15, 0.2) is 0 Å². The van der Waals surface area contributed by atoms with Crippen molar-refractivity contribution in [3.05, 3.63) is 47.5 Å². The van der Waals surface area contributed by atoms with Crippen LogP contribution in [0.25, 0.3) is 0 Å². The molecular weight excluding hydrogens is 512 g/mol. The van der Waals surface area contributed by atoms with Gasteiger partial charge < -0.3 is 10.2 Å². The van der Waals surface area contributed by atoms with Crippen molar-refractivity contribution in [2.24, 2.45) is 0 Å². The molecule has 2 aromatic carbocycles. The number of aryl methyl sites for hydroxylation is 2. The van der Waals surface area contributed by atoms with E-state index in [0.717, 1.165) is 36.8 Å². The molecule has 0 amide bonds. The third-order valence-electron chi connectivity index (χ3n) is 8.09. The molecule has 3 nitrogen and oxygen atoms in total. The Morgan fingerprint density at radius 1 is 0.475 bits per heavy atom. The second-order valence-corrected chi connectivity index (χ2v) is 13.2. The summed E-state index contributed by atoms with van der Waals surface area (Å²) in [5.41, 5.74) is 2.20. The standard InChI is InChI=1S/C36H58O3S/c1-3-5-7-9-11-13-15-17-19-21-23-31-25-27-33(37)35(29-31)40(39)36-30-32(26-28-34(36)38)24-22-20-18-16-14-12-10-8-6-4-2/h25-30,37-38H,3-24H2,1-2H3. The average Bonchev–Trinajstić information content (AvgIpc) is 2.96. The SMILES string of the molecule is CCCCCCCCCCCCc1ccc(O)c(S(=O)c2cc(CCCCCCCCCCCC)ccc2O)c1. The van der Waals surface area contributed by atoms with Gasteiger partial charge in [0.1, 0.15) is 11.5 Å². The summed E-state index contributed by atoms with van der Waals surface area (Å²) in [7, 11) is -1.62. The summed E-state index contributed by atoms with van der Waals surface area (Å²) >= 11 is 0. The summed E-state index contributed by atoms with van der Waals surface area (Å²) in [6.07, 6.45) is 27.9. The number of phenolic OH excluding ortho intramolecular Hbond substituents is 2. The molecule has 0 saturated heterocycles. The maximum absolute atomic E-state index is 13.5. The summed E-state index contributed by atoms with van der Waals surface area (Å²) in [4.78, 5) is 0.798. The highest BCUT2D eigenvalue weighted by Crippen LogP contribution is 2.32. The number of rotatable bonds is 24. The van der Waals surface area contributed by atoms with Crippen LogP contribution in [0.2, 0.25) is 0 Å². The second kappa shape index (κ2) is 21.9. The molecule has 0 unspecified atom stereocenters. The van der Waals surface area contributed by atoms with Crippen LogP contribution in [0.3, 0.4) is 0 Å². The van der Waals surface area contributed by atoms with E-state index in [2.05, 4.69) is 13.8 Å². The van der Waals surface area contributed by atoms with Crippen LogP contribution >= 0.6 is 0 Å². The van der Waals surface area contributed by atoms with E-state index in [9.17, 15) is 14.4 Å². The summed E-state index contributed by atoms with van der Waals surface area (Å²) in [5.74, 6) is 0.0642. The third kappa shape index (κ3) is 14.2. The Hall–Kier alpha value is -1.81. The minimum Gasteiger partial charge on any atom is -0.507 e. The van der Waals surface area contributed by atoms with Crippen molar-refractivity contribution >= 4 is 10.8 Å². The minimum absolute atomic E-state index is 0.0321. The predicted molar refractivity (Wildman–Crippen MR) is 172 cm³/mol. The molecule has 0 radical (unpaired) electrons. The van der Waals surface area contributed by atoms with Crippen LogP contribution in [0.1, 0.15) is 153 Å². The van der Waals surface area contributed by atoms with Crippen LogP contribution in [0.4, 0.5) is 0 Å². The van der Waals surface area contributed by atoms with Gasteiger partial charge in [-0.2, -0.15) is 0 Å². The summed E-state index contributed by atoms with van der Waals surface area (Å²) < 4.78 is 13.5. The number of unbranched alkanes of at least 4 members (excludes halogenated alkanes) is 18.